The number of Topliss-reactive ketones (excluding diaryl/α,β-unsaturated/α-hetero) is 1. The minimum atomic E-state index is -0.183. The lowest BCUT2D eigenvalue weighted by Crippen LogP contribution is -2.37. The van der Waals surface area contributed by atoms with E-state index in [0.29, 0.717) is 23.4 Å². The van der Waals surface area contributed by atoms with Crippen molar-refractivity contribution < 1.29 is 14.0 Å². The molecule has 0 radical (unpaired) electrons. The Morgan fingerprint density at radius 1 is 1.12 bits per heavy atom. The van der Waals surface area contributed by atoms with Gasteiger partial charge in [-0.15, -0.1) is 0 Å². The largest absolute Gasteiger partial charge is 0.326 e. The third-order valence-electron chi connectivity index (χ3n) is 4.85. The minimum Gasteiger partial charge on any atom is -0.326 e. The zero-order valence-electron chi connectivity index (χ0n) is 14.9. The number of benzene rings is 2. The molecule has 2 aromatic carbocycles. The number of rotatable bonds is 5. The predicted molar refractivity (Wildman–Crippen MR) is 99.5 cm³/mol. The van der Waals surface area contributed by atoms with Gasteiger partial charge in [-0.2, -0.15) is 0 Å². The van der Waals surface area contributed by atoms with E-state index >= 15 is 0 Å². The summed E-state index contributed by atoms with van der Waals surface area (Å²) in [5.41, 5.74) is 1.93. The highest BCUT2D eigenvalue weighted by Crippen LogP contribution is 2.22. The van der Waals surface area contributed by atoms with Crippen LogP contribution in [0.15, 0.2) is 48.5 Å². The molecule has 136 valence electrons. The number of hydrogen-bond donors (Lipinski definition) is 1. The summed E-state index contributed by atoms with van der Waals surface area (Å²) in [5.74, 6) is -0.288. The maximum atomic E-state index is 13.8. The van der Waals surface area contributed by atoms with Crippen LogP contribution in [0.4, 0.5) is 10.1 Å². The monoisotopic (exact) mass is 354 g/mol. The van der Waals surface area contributed by atoms with Crippen molar-refractivity contribution in [1.29, 1.82) is 0 Å². The molecule has 4 nitrogen and oxygen atoms in total. The Morgan fingerprint density at radius 2 is 1.85 bits per heavy atom. The number of hydrogen-bond acceptors (Lipinski definition) is 3. The van der Waals surface area contributed by atoms with Gasteiger partial charge in [-0.3, -0.25) is 14.5 Å². The third kappa shape index (κ3) is 4.55. The van der Waals surface area contributed by atoms with E-state index in [1.807, 2.05) is 6.07 Å². The standard InChI is InChI=1S/C21H23FN2O2/c1-15(25)17-6-4-7-19(13-17)23-21(26)16-9-11-24(12-10-16)14-18-5-2-3-8-20(18)22/h2-8,13,16H,9-12,14H2,1H3,(H,23,26). The topological polar surface area (TPSA) is 49.4 Å². The van der Waals surface area contributed by atoms with Gasteiger partial charge in [0.2, 0.25) is 5.91 Å². The number of carbonyl (C=O) groups is 2. The van der Waals surface area contributed by atoms with E-state index in [4.69, 9.17) is 0 Å². The van der Waals surface area contributed by atoms with Gasteiger partial charge in [0.05, 0.1) is 0 Å². The highest BCUT2D eigenvalue weighted by molar-refractivity contribution is 5.97. The fourth-order valence-electron chi connectivity index (χ4n) is 3.28. The first-order valence-corrected chi connectivity index (χ1v) is 8.90. The van der Waals surface area contributed by atoms with E-state index < -0.39 is 0 Å². The van der Waals surface area contributed by atoms with E-state index in [9.17, 15) is 14.0 Å². The SMILES string of the molecule is CC(=O)c1cccc(NC(=O)C2CCN(Cc3ccccc3F)CC2)c1. The van der Waals surface area contributed by atoms with Crippen molar-refractivity contribution in [3.8, 4) is 0 Å². The molecule has 3 rings (SSSR count). The zero-order chi connectivity index (χ0) is 18.5. The molecule has 5 heteroatoms. The Kier molecular flexibility index (Phi) is 5.78. The number of nitrogens with one attached hydrogen (secondary N) is 1. The van der Waals surface area contributed by atoms with Gasteiger partial charge >= 0.3 is 0 Å². The molecule has 1 amide bonds. The zero-order valence-corrected chi connectivity index (χ0v) is 14.9. The summed E-state index contributed by atoms with van der Waals surface area (Å²) >= 11 is 0. The molecule has 26 heavy (non-hydrogen) atoms. The van der Waals surface area contributed by atoms with Gasteiger partial charge in [0.15, 0.2) is 5.78 Å². The van der Waals surface area contributed by atoms with Crippen molar-refractivity contribution in [1.82, 2.24) is 4.90 Å². The van der Waals surface area contributed by atoms with Crippen molar-refractivity contribution in [3.63, 3.8) is 0 Å². The molecule has 1 heterocycles. The molecule has 0 saturated carbocycles. The molecule has 1 N–H and O–H groups in total. The van der Waals surface area contributed by atoms with Crippen LogP contribution in [-0.2, 0) is 11.3 Å². The lowest BCUT2D eigenvalue weighted by atomic mass is 9.95. The van der Waals surface area contributed by atoms with E-state index in [0.717, 1.165) is 25.9 Å². The molecular weight excluding hydrogens is 331 g/mol. The highest BCUT2D eigenvalue weighted by atomic mass is 19.1. The number of nitrogens with zero attached hydrogens (tertiary/aromatic N) is 1. The maximum Gasteiger partial charge on any atom is 0.227 e. The van der Waals surface area contributed by atoms with Crippen molar-refractivity contribution in [3.05, 3.63) is 65.5 Å². The molecule has 0 aliphatic carbocycles. The van der Waals surface area contributed by atoms with Crippen LogP contribution in [0.3, 0.4) is 0 Å². The first kappa shape index (κ1) is 18.3. The molecule has 0 bridgehead atoms. The Labute approximate surface area is 153 Å². The van der Waals surface area contributed by atoms with Crippen LogP contribution in [0.25, 0.3) is 0 Å². The third-order valence-corrected chi connectivity index (χ3v) is 4.85. The normalized spacial score (nSPS) is 15.6. The number of amides is 1. The van der Waals surface area contributed by atoms with E-state index in [1.165, 1.54) is 13.0 Å². The van der Waals surface area contributed by atoms with E-state index in [2.05, 4.69) is 10.2 Å². The van der Waals surface area contributed by atoms with Crippen LogP contribution < -0.4 is 5.32 Å². The lowest BCUT2D eigenvalue weighted by Gasteiger charge is -2.31. The van der Waals surface area contributed by atoms with Crippen LogP contribution in [-0.4, -0.2) is 29.7 Å². The molecule has 1 saturated heterocycles. The molecule has 0 unspecified atom stereocenters. The molecule has 0 atom stereocenters. The predicted octanol–water partition coefficient (Wildman–Crippen LogP) is 3.88. The molecule has 1 aliphatic heterocycles. The van der Waals surface area contributed by atoms with Crippen LogP contribution >= 0.6 is 0 Å². The smallest absolute Gasteiger partial charge is 0.227 e. The first-order chi connectivity index (χ1) is 12.5. The van der Waals surface area contributed by atoms with Crippen LogP contribution in [0.5, 0.6) is 0 Å². The van der Waals surface area contributed by atoms with Gasteiger partial charge in [0, 0.05) is 29.3 Å². The molecular formula is C21H23FN2O2. The van der Waals surface area contributed by atoms with Crippen molar-refractivity contribution >= 4 is 17.4 Å². The molecule has 1 aliphatic rings. The number of likely N-dealkylation sites (tertiary alicyclic amines) is 1. The second-order valence-electron chi connectivity index (χ2n) is 6.77. The van der Waals surface area contributed by atoms with E-state index in [1.54, 1.807) is 36.4 Å². The summed E-state index contributed by atoms with van der Waals surface area (Å²) in [6.07, 6.45) is 1.49. The van der Waals surface area contributed by atoms with Crippen molar-refractivity contribution in [2.24, 2.45) is 5.92 Å². The number of piperidine rings is 1. The number of halogens is 1. The molecule has 0 aromatic heterocycles. The Morgan fingerprint density at radius 3 is 2.54 bits per heavy atom. The fraction of sp³-hybridized carbons (Fsp3) is 0.333. The summed E-state index contributed by atoms with van der Waals surface area (Å²) in [6, 6.07) is 13.8. The summed E-state index contributed by atoms with van der Waals surface area (Å²) in [5, 5.41) is 2.91. The summed E-state index contributed by atoms with van der Waals surface area (Å²) < 4.78 is 13.8. The maximum absolute atomic E-state index is 13.8. The highest BCUT2D eigenvalue weighted by Gasteiger charge is 2.25. The Bertz CT molecular complexity index is 798. The van der Waals surface area contributed by atoms with Crippen LogP contribution in [0, 0.1) is 11.7 Å². The summed E-state index contributed by atoms with van der Waals surface area (Å²) in [4.78, 5) is 26.1. The second kappa shape index (κ2) is 8.23. The van der Waals surface area contributed by atoms with Gasteiger partial charge < -0.3 is 5.32 Å². The molecule has 2 aromatic rings. The van der Waals surface area contributed by atoms with Crippen LogP contribution in [0.2, 0.25) is 0 Å². The second-order valence-corrected chi connectivity index (χ2v) is 6.77. The quantitative estimate of drug-likeness (QED) is 0.829. The number of ketones is 1. The number of carbonyl (C=O) groups excluding carboxylic acids is 2. The Balaban J connectivity index is 1.53. The molecule has 1 fully saturated rings. The van der Waals surface area contributed by atoms with E-state index in [-0.39, 0.29) is 23.4 Å². The molecule has 0 spiro atoms. The Hall–Kier alpha value is -2.53. The van der Waals surface area contributed by atoms with Gasteiger partial charge in [-0.1, -0.05) is 30.3 Å². The summed E-state index contributed by atoms with van der Waals surface area (Å²) in [6.45, 7) is 3.60. The van der Waals surface area contributed by atoms with Gasteiger partial charge in [0.25, 0.3) is 0 Å². The lowest BCUT2D eigenvalue weighted by molar-refractivity contribution is -0.121. The average Bonchev–Trinajstić information content (AvgIpc) is 2.64. The van der Waals surface area contributed by atoms with Crippen LogP contribution in [0.1, 0.15) is 35.7 Å². The first-order valence-electron chi connectivity index (χ1n) is 8.90. The van der Waals surface area contributed by atoms with Crippen molar-refractivity contribution in [2.75, 3.05) is 18.4 Å². The van der Waals surface area contributed by atoms with Gasteiger partial charge in [-0.25, -0.2) is 4.39 Å². The average molecular weight is 354 g/mol. The number of anilines is 1. The van der Waals surface area contributed by atoms with Crippen molar-refractivity contribution in [2.45, 2.75) is 26.3 Å². The minimum absolute atomic E-state index is 0.0174. The van der Waals surface area contributed by atoms with Gasteiger partial charge in [0.1, 0.15) is 5.82 Å². The fourth-order valence-corrected chi connectivity index (χ4v) is 3.28. The van der Waals surface area contributed by atoms with Gasteiger partial charge in [-0.05, 0) is 51.1 Å². The summed E-state index contributed by atoms with van der Waals surface area (Å²) in [7, 11) is 0.